The van der Waals surface area contributed by atoms with Gasteiger partial charge >= 0.3 is 0 Å². The number of para-hydroxylation sites is 1. The summed E-state index contributed by atoms with van der Waals surface area (Å²) in [5.74, 6) is 1.92. The largest absolute Gasteiger partial charge is 0.240 e. The maximum Gasteiger partial charge on any atom is 0.115 e. The topological polar surface area (TPSA) is 36.7 Å². The highest BCUT2D eigenvalue weighted by Gasteiger charge is 2.09. The molecule has 0 radical (unpaired) electrons. The van der Waals surface area contributed by atoms with Crippen LogP contribution >= 0.6 is 23.4 Å². The molecule has 18 heavy (non-hydrogen) atoms. The summed E-state index contributed by atoms with van der Waals surface area (Å²) >= 11 is 7.39. The zero-order valence-corrected chi connectivity index (χ0v) is 11.6. The summed E-state index contributed by atoms with van der Waals surface area (Å²) in [6.07, 6.45) is 0. The number of pyridine rings is 1. The minimum Gasteiger partial charge on any atom is -0.240 e. The molecule has 0 bridgehead atoms. The van der Waals surface area contributed by atoms with E-state index in [0.29, 0.717) is 17.4 Å². The van der Waals surface area contributed by atoms with E-state index in [1.54, 1.807) is 11.8 Å². The molecule has 0 fully saturated rings. The SMILES string of the molecule is CC(CCl)CSc1nc2ccccc2cc1C#N. The molecule has 4 heteroatoms. The van der Waals surface area contributed by atoms with Crippen LogP contribution in [0.2, 0.25) is 0 Å². The number of nitriles is 1. The highest BCUT2D eigenvalue weighted by atomic mass is 35.5. The summed E-state index contributed by atoms with van der Waals surface area (Å²) in [5.41, 5.74) is 1.57. The van der Waals surface area contributed by atoms with Crippen LogP contribution in [0.3, 0.4) is 0 Å². The Kier molecular flexibility index (Phi) is 4.46. The standard InChI is InChI=1S/C14H13ClN2S/c1-10(7-15)9-18-14-12(8-16)6-11-4-2-3-5-13(11)17-14/h2-6,10H,7,9H2,1H3. The third-order valence-corrected chi connectivity index (χ3v) is 4.42. The van der Waals surface area contributed by atoms with Gasteiger partial charge in [0.05, 0.1) is 11.1 Å². The number of nitrogens with zero attached hydrogens (tertiary/aromatic N) is 2. The van der Waals surface area contributed by atoms with Crippen LogP contribution in [0.1, 0.15) is 12.5 Å². The van der Waals surface area contributed by atoms with Gasteiger partial charge in [-0.1, -0.05) is 25.1 Å². The van der Waals surface area contributed by atoms with E-state index in [1.165, 1.54) is 0 Å². The zero-order valence-electron chi connectivity index (χ0n) is 10.1. The molecule has 0 spiro atoms. The Hall–Kier alpha value is -1.24. The van der Waals surface area contributed by atoms with E-state index in [1.807, 2.05) is 30.3 Å². The lowest BCUT2D eigenvalue weighted by molar-refractivity contribution is 0.758. The van der Waals surface area contributed by atoms with Crippen molar-refractivity contribution < 1.29 is 0 Å². The number of halogens is 1. The molecule has 92 valence electrons. The molecule has 1 atom stereocenters. The Balaban J connectivity index is 2.34. The Morgan fingerprint density at radius 2 is 2.22 bits per heavy atom. The molecule has 1 heterocycles. The lowest BCUT2D eigenvalue weighted by atomic mass is 10.2. The smallest absolute Gasteiger partial charge is 0.115 e. The van der Waals surface area contributed by atoms with Gasteiger partial charge in [0.15, 0.2) is 0 Å². The van der Waals surface area contributed by atoms with Crippen molar-refractivity contribution in [1.82, 2.24) is 4.98 Å². The predicted octanol–water partition coefficient (Wildman–Crippen LogP) is 4.07. The number of benzene rings is 1. The lowest BCUT2D eigenvalue weighted by Crippen LogP contribution is -2.00. The number of hydrogen-bond donors (Lipinski definition) is 0. The van der Waals surface area contributed by atoms with Crippen molar-refractivity contribution >= 4 is 34.3 Å². The number of thioether (sulfide) groups is 1. The molecule has 0 N–H and O–H groups in total. The lowest BCUT2D eigenvalue weighted by Gasteiger charge is -2.08. The van der Waals surface area contributed by atoms with Gasteiger partial charge in [0, 0.05) is 17.0 Å². The fourth-order valence-corrected chi connectivity index (χ4v) is 2.78. The molecule has 0 aliphatic carbocycles. The first-order valence-electron chi connectivity index (χ1n) is 5.73. The van der Waals surface area contributed by atoms with Crippen LogP contribution in [-0.4, -0.2) is 16.6 Å². The van der Waals surface area contributed by atoms with Crippen LogP contribution in [0.4, 0.5) is 0 Å². The van der Waals surface area contributed by atoms with Crippen molar-refractivity contribution in [1.29, 1.82) is 5.26 Å². The summed E-state index contributed by atoms with van der Waals surface area (Å²) in [6.45, 7) is 2.09. The van der Waals surface area contributed by atoms with E-state index < -0.39 is 0 Å². The first-order valence-corrected chi connectivity index (χ1v) is 7.25. The highest BCUT2D eigenvalue weighted by Crippen LogP contribution is 2.26. The van der Waals surface area contributed by atoms with Crippen molar-refractivity contribution in [3.63, 3.8) is 0 Å². The van der Waals surface area contributed by atoms with Gasteiger partial charge in [0.25, 0.3) is 0 Å². The van der Waals surface area contributed by atoms with Gasteiger partial charge in [-0.2, -0.15) is 5.26 Å². The predicted molar refractivity (Wildman–Crippen MR) is 77.1 cm³/mol. The summed E-state index contributed by atoms with van der Waals surface area (Å²) in [7, 11) is 0. The van der Waals surface area contributed by atoms with Crippen LogP contribution in [0.5, 0.6) is 0 Å². The molecule has 1 aromatic carbocycles. The van der Waals surface area contributed by atoms with Gasteiger partial charge in [-0.3, -0.25) is 0 Å². The van der Waals surface area contributed by atoms with Crippen molar-refractivity contribution in [3.8, 4) is 6.07 Å². The van der Waals surface area contributed by atoms with Gasteiger partial charge in [0.2, 0.25) is 0 Å². The van der Waals surface area contributed by atoms with E-state index in [-0.39, 0.29) is 0 Å². The Morgan fingerprint density at radius 1 is 1.44 bits per heavy atom. The maximum absolute atomic E-state index is 9.17. The van der Waals surface area contributed by atoms with E-state index in [2.05, 4.69) is 18.0 Å². The number of fused-ring (bicyclic) bond motifs is 1. The number of hydrogen-bond acceptors (Lipinski definition) is 3. The first kappa shape index (κ1) is 13.2. The van der Waals surface area contributed by atoms with Crippen molar-refractivity contribution in [2.75, 3.05) is 11.6 Å². The Morgan fingerprint density at radius 3 is 2.94 bits per heavy atom. The number of alkyl halides is 1. The van der Waals surface area contributed by atoms with Crippen LogP contribution in [0.25, 0.3) is 10.9 Å². The second-order valence-corrected chi connectivity index (χ2v) is 5.53. The van der Waals surface area contributed by atoms with Gasteiger partial charge < -0.3 is 0 Å². The van der Waals surface area contributed by atoms with E-state index in [4.69, 9.17) is 11.6 Å². The summed E-state index contributed by atoms with van der Waals surface area (Å²) in [4.78, 5) is 4.55. The second kappa shape index (κ2) is 6.08. The number of rotatable bonds is 4. The third-order valence-electron chi connectivity index (χ3n) is 2.58. The van der Waals surface area contributed by atoms with Crippen LogP contribution in [0.15, 0.2) is 35.4 Å². The molecule has 0 aliphatic heterocycles. The average molecular weight is 277 g/mol. The van der Waals surface area contributed by atoms with E-state index in [9.17, 15) is 5.26 Å². The van der Waals surface area contributed by atoms with Crippen LogP contribution in [-0.2, 0) is 0 Å². The highest BCUT2D eigenvalue weighted by molar-refractivity contribution is 7.99. The molecule has 2 aromatic rings. The average Bonchev–Trinajstić information content (AvgIpc) is 2.43. The molecule has 0 amide bonds. The van der Waals surface area contributed by atoms with Gasteiger partial charge in [-0.15, -0.1) is 23.4 Å². The number of aromatic nitrogens is 1. The third kappa shape index (κ3) is 2.95. The van der Waals surface area contributed by atoms with E-state index >= 15 is 0 Å². The molecule has 1 unspecified atom stereocenters. The van der Waals surface area contributed by atoms with Gasteiger partial charge in [-0.25, -0.2) is 4.98 Å². The molecule has 2 nitrogen and oxygen atoms in total. The Bertz CT molecular complexity index is 592. The van der Waals surface area contributed by atoms with Crippen molar-refractivity contribution in [2.24, 2.45) is 5.92 Å². The first-order chi connectivity index (χ1) is 8.74. The van der Waals surface area contributed by atoms with Gasteiger partial charge in [0.1, 0.15) is 11.1 Å². The maximum atomic E-state index is 9.17. The Labute approximate surface area is 116 Å². The van der Waals surface area contributed by atoms with Crippen molar-refractivity contribution in [2.45, 2.75) is 11.9 Å². The summed E-state index contributed by atoms with van der Waals surface area (Å²) in [5, 5.41) is 11.0. The van der Waals surface area contributed by atoms with Gasteiger partial charge in [-0.05, 0) is 18.1 Å². The molecular formula is C14H13ClN2S. The molecular weight excluding hydrogens is 264 g/mol. The molecule has 0 aliphatic rings. The minimum absolute atomic E-state index is 0.413. The fourth-order valence-electron chi connectivity index (χ4n) is 1.55. The normalized spacial score (nSPS) is 12.3. The summed E-state index contributed by atoms with van der Waals surface area (Å²) < 4.78 is 0. The molecule has 1 aromatic heterocycles. The molecule has 2 rings (SSSR count). The summed E-state index contributed by atoms with van der Waals surface area (Å²) in [6, 6.07) is 12.0. The zero-order chi connectivity index (χ0) is 13.0. The monoisotopic (exact) mass is 276 g/mol. The molecule has 0 saturated heterocycles. The quantitative estimate of drug-likeness (QED) is 0.624. The van der Waals surface area contributed by atoms with E-state index in [0.717, 1.165) is 21.7 Å². The second-order valence-electron chi connectivity index (χ2n) is 4.22. The van der Waals surface area contributed by atoms with Crippen LogP contribution < -0.4 is 0 Å². The van der Waals surface area contributed by atoms with Crippen LogP contribution in [0, 0.1) is 17.2 Å². The fraction of sp³-hybridized carbons (Fsp3) is 0.286. The van der Waals surface area contributed by atoms with Crippen molar-refractivity contribution in [3.05, 3.63) is 35.9 Å². The molecule has 0 saturated carbocycles. The minimum atomic E-state index is 0.413.